The van der Waals surface area contributed by atoms with Gasteiger partial charge in [0.15, 0.2) is 0 Å². The SMILES string of the molecule is Cc1ccc(NC2=NSc3cc(Cl)cc(O)c3N2)cc1. The van der Waals surface area contributed by atoms with Gasteiger partial charge >= 0.3 is 0 Å². The minimum atomic E-state index is 0.109. The van der Waals surface area contributed by atoms with E-state index in [0.717, 1.165) is 10.6 Å². The van der Waals surface area contributed by atoms with E-state index >= 15 is 0 Å². The summed E-state index contributed by atoms with van der Waals surface area (Å²) in [6.07, 6.45) is 0. The Bertz CT molecular complexity index is 686. The highest BCUT2D eigenvalue weighted by atomic mass is 35.5. The molecule has 0 spiro atoms. The topological polar surface area (TPSA) is 56.7 Å². The highest BCUT2D eigenvalue weighted by Crippen LogP contribution is 2.40. The number of benzene rings is 2. The molecular weight excluding hydrogens is 294 g/mol. The Hall–Kier alpha value is -1.85. The van der Waals surface area contributed by atoms with Gasteiger partial charge in [-0.05, 0) is 25.1 Å². The number of fused-ring (bicyclic) bond motifs is 1. The summed E-state index contributed by atoms with van der Waals surface area (Å²) in [4.78, 5) is 0.796. The third-order valence-electron chi connectivity index (χ3n) is 2.84. The van der Waals surface area contributed by atoms with Crippen molar-refractivity contribution in [1.29, 1.82) is 0 Å². The van der Waals surface area contributed by atoms with Crippen molar-refractivity contribution in [1.82, 2.24) is 0 Å². The Morgan fingerprint density at radius 2 is 2.00 bits per heavy atom. The number of nitrogens with zero attached hydrogens (tertiary/aromatic N) is 1. The molecule has 0 aliphatic carbocycles. The molecule has 1 aliphatic heterocycles. The van der Waals surface area contributed by atoms with Gasteiger partial charge in [-0.3, -0.25) is 0 Å². The van der Waals surface area contributed by atoms with E-state index in [1.807, 2.05) is 31.2 Å². The van der Waals surface area contributed by atoms with E-state index in [9.17, 15) is 5.11 Å². The number of hydrogen-bond acceptors (Lipinski definition) is 5. The lowest BCUT2D eigenvalue weighted by Gasteiger charge is -2.19. The average molecular weight is 306 g/mol. The lowest BCUT2D eigenvalue weighted by Crippen LogP contribution is -2.23. The molecule has 2 aromatic carbocycles. The maximum absolute atomic E-state index is 9.91. The molecule has 0 bridgehead atoms. The van der Waals surface area contributed by atoms with E-state index in [1.165, 1.54) is 23.6 Å². The van der Waals surface area contributed by atoms with Crippen molar-refractivity contribution in [2.75, 3.05) is 10.6 Å². The second-order valence-corrected chi connectivity index (χ2v) is 5.69. The fourth-order valence-corrected chi connectivity index (χ4v) is 2.81. The van der Waals surface area contributed by atoms with Crippen molar-refractivity contribution in [2.24, 2.45) is 4.40 Å². The second kappa shape index (κ2) is 5.26. The molecule has 0 amide bonds. The smallest absolute Gasteiger partial charge is 0.212 e. The Morgan fingerprint density at radius 1 is 1.25 bits per heavy atom. The number of phenolic OH excluding ortho intramolecular Hbond substituents is 1. The van der Waals surface area contributed by atoms with Crippen LogP contribution in [0.5, 0.6) is 5.75 Å². The van der Waals surface area contributed by atoms with Gasteiger partial charge < -0.3 is 15.7 Å². The van der Waals surface area contributed by atoms with E-state index in [4.69, 9.17) is 11.6 Å². The van der Waals surface area contributed by atoms with Gasteiger partial charge in [-0.1, -0.05) is 29.3 Å². The van der Waals surface area contributed by atoms with E-state index in [-0.39, 0.29) is 5.75 Å². The molecule has 6 heteroatoms. The number of guanidine groups is 1. The molecular formula is C14H12ClN3OS. The highest BCUT2D eigenvalue weighted by Gasteiger charge is 2.17. The first-order valence-electron chi connectivity index (χ1n) is 6.00. The van der Waals surface area contributed by atoms with Crippen LogP contribution in [0.15, 0.2) is 45.7 Å². The number of aromatic hydroxyl groups is 1. The summed E-state index contributed by atoms with van der Waals surface area (Å²) < 4.78 is 4.31. The van der Waals surface area contributed by atoms with Crippen LogP contribution >= 0.6 is 23.5 Å². The third kappa shape index (κ3) is 2.69. The average Bonchev–Trinajstić information content (AvgIpc) is 2.42. The number of anilines is 2. The predicted octanol–water partition coefficient (Wildman–Crippen LogP) is 4.25. The molecule has 0 radical (unpaired) electrons. The molecule has 20 heavy (non-hydrogen) atoms. The molecule has 0 unspecified atom stereocenters. The zero-order valence-corrected chi connectivity index (χ0v) is 12.2. The van der Waals surface area contributed by atoms with E-state index < -0.39 is 0 Å². The van der Waals surface area contributed by atoms with Crippen molar-refractivity contribution >= 4 is 40.9 Å². The predicted molar refractivity (Wildman–Crippen MR) is 84.8 cm³/mol. The zero-order chi connectivity index (χ0) is 14.1. The molecule has 102 valence electrons. The normalized spacial score (nSPS) is 13.2. The second-order valence-electron chi connectivity index (χ2n) is 4.45. The highest BCUT2D eigenvalue weighted by molar-refractivity contribution is 7.98. The number of hydrogen-bond donors (Lipinski definition) is 3. The van der Waals surface area contributed by atoms with Crippen LogP contribution in [0.1, 0.15) is 5.56 Å². The van der Waals surface area contributed by atoms with Crippen LogP contribution in [0.4, 0.5) is 11.4 Å². The monoisotopic (exact) mass is 305 g/mol. The van der Waals surface area contributed by atoms with Crippen molar-refractivity contribution in [2.45, 2.75) is 11.8 Å². The van der Waals surface area contributed by atoms with E-state index in [1.54, 1.807) is 6.07 Å². The fourth-order valence-electron chi connectivity index (χ4n) is 1.83. The molecule has 1 aliphatic rings. The first kappa shape index (κ1) is 13.1. The molecule has 0 aromatic heterocycles. The van der Waals surface area contributed by atoms with Crippen LogP contribution in [0, 0.1) is 6.92 Å². The number of aryl methyl sites for hydroxylation is 1. The number of rotatable bonds is 1. The molecule has 0 saturated carbocycles. The quantitative estimate of drug-likeness (QED) is 0.544. The molecule has 0 atom stereocenters. The third-order valence-corrected chi connectivity index (χ3v) is 3.85. The first-order valence-corrected chi connectivity index (χ1v) is 7.15. The van der Waals surface area contributed by atoms with E-state index in [2.05, 4.69) is 15.0 Å². The molecule has 1 heterocycles. The molecule has 0 saturated heterocycles. The minimum Gasteiger partial charge on any atom is -0.506 e. The van der Waals surface area contributed by atoms with Gasteiger partial charge in [0, 0.05) is 28.7 Å². The fraction of sp³-hybridized carbons (Fsp3) is 0.0714. The van der Waals surface area contributed by atoms with Crippen molar-refractivity contribution in [3.63, 3.8) is 0 Å². The number of phenols is 1. The van der Waals surface area contributed by atoms with Gasteiger partial charge in [0.2, 0.25) is 5.96 Å². The lowest BCUT2D eigenvalue weighted by atomic mass is 10.2. The summed E-state index contributed by atoms with van der Waals surface area (Å²) in [6, 6.07) is 11.3. The summed E-state index contributed by atoms with van der Waals surface area (Å²) in [7, 11) is 0. The van der Waals surface area contributed by atoms with Crippen LogP contribution < -0.4 is 10.6 Å². The van der Waals surface area contributed by atoms with Gasteiger partial charge in [0.05, 0.1) is 10.6 Å². The van der Waals surface area contributed by atoms with Crippen LogP contribution in [0.3, 0.4) is 0 Å². The van der Waals surface area contributed by atoms with Crippen molar-refractivity contribution in [3.8, 4) is 5.75 Å². The summed E-state index contributed by atoms with van der Waals surface area (Å²) >= 11 is 7.16. The van der Waals surface area contributed by atoms with Gasteiger partial charge in [0.1, 0.15) is 5.75 Å². The van der Waals surface area contributed by atoms with E-state index in [0.29, 0.717) is 16.7 Å². The van der Waals surface area contributed by atoms with Crippen LogP contribution in [0.2, 0.25) is 5.02 Å². The van der Waals surface area contributed by atoms with Crippen LogP contribution in [-0.4, -0.2) is 11.1 Å². The molecule has 4 nitrogen and oxygen atoms in total. The Balaban J connectivity index is 1.81. The lowest BCUT2D eigenvalue weighted by molar-refractivity contribution is 0.476. The molecule has 0 fully saturated rings. The van der Waals surface area contributed by atoms with Crippen LogP contribution in [-0.2, 0) is 0 Å². The largest absolute Gasteiger partial charge is 0.506 e. The Morgan fingerprint density at radius 3 is 2.75 bits per heavy atom. The molecule has 2 aromatic rings. The minimum absolute atomic E-state index is 0.109. The zero-order valence-electron chi connectivity index (χ0n) is 10.6. The number of halogens is 1. The van der Waals surface area contributed by atoms with Crippen LogP contribution in [0.25, 0.3) is 0 Å². The van der Waals surface area contributed by atoms with Gasteiger partial charge in [-0.2, -0.15) is 4.40 Å². The summed E-state index contributed by atoms with van der Waals surface area (Å²) in [6.45, 7) is 2.04. The molecule has 3 N–H and O–H groups in total. The Kier molecular flexibility index (Phi) is 3.46. The summed E-state index contributed by atoms with van der Waals surface area (Å²) in [5, 5.41) is 16.6. The Labute approximate surface area is 126 Å². The van der Waals surface area contributed by atoms with Gasteiger partial charge in [-0.25, -0.2) is 0 Å². The summed E-state index contributed by atoms with van der Waals surface area (Å²) in [5.74, 6) is 0.682. The first-order chi connectivity index (χ1) is 9.61. The van der Waals surface area contributed by atoms with Crippen molar-refractivity contribution in [3.05, 3.63) is 47.0 Å². The maximum Gasteiger partial charge on any atom is 0.212 e. The molecule has 3 rings (SSSR count). The standard InChI is InChI=1S/C14H12ClN3OS/c1-8-2-4-10(5-3-8)16-14-17-13-11(19)6-9(15)7-12(13)20-18-14/h2-7,19H,1H3,(H2,16,17,18). The maximum atomic E-state index is 9.91. The van der Waals surface area contributed by atoms with Crippen molar-refractivity contribution < 1.29 is 5.11 Å². The van der Waals surface area contributed by atoms with Gasteiger partial charge in [0.25, 0.3) is 0 Å². The number of nitrogens with one attached hydrogen (secondary N) is 2. The van der Waals surface area contributed by atoms with Gasteiger partial charge in [-0.15, -0.1) is 0 Å². The summed E-state index contributed by atoms with van der Waals surface area (Å²) in [5.41, 5.74) is 2.74.